The Kier molecular flexibility index (Phi) is 10.4. The van der Waals surface area contributed by atoms with E-state index in [0.717, 1.165) is 0 Å². The number of phosphoric ester groups is 1. The zero-order valence-corrected chi connectivity index (χ0v) is 19.6. The van der Waals surface area contributed by atoms with E-state index in [1.807, 2.05) is 0 Å². The van der Waals surface area contributed by atoms with E-state index in [-0.39, 0.29) is 11.0 Å². The molecular weight excluding hydrogens is 612 g/mol. The summed E-state index contributed by atoms with van der Waals surface area (Å²) in [6, 6.07) is 0. The zero-order chi connectivity index (χ0) is 31.2. The Morgan fingerprint density at radius 2 is 1.00 bits per heavy atom. The van der Waals surface area contributed by atoms with E-state index in [2.05, 4.69) is 9.05 Å². The molecule has 0 saturated heterocycles. The van der Waals surface area contributed by atoms with Crippen molar-refractivity contribution in [1.82, 2.24) is 0 Å². The van der Waals surface area contributed by atoms with Crippen molar-refractivity contribution in [3.05, 3.63) is 0 Å². The summed E-state index contributed by atoms with van der Waals surface area (Å²) in [5.41, 5.74) is 0. The van der Waals surface area contributed by atoms with Crippen LogP contribution in [0.5, 0.6) is 0 Å². The summed E-state index contributed by atoms with van der Waals surface area (Å²) in [7, 11) is -1.92. The first-order chi connectivity index (χ1) is 16.1. The van der Waals surface area contributed by atoms with Gasteiger partial charge in [0.25, 0.3) is 13.7 Å². The number of hydrogen-bond acceptors (Lipinski definition) is 4. The van der Waals surface area contributed by atoms with Crippen LogP contribution in [0.25, 0.3) is 0 Å². The first kappa shape index (κ1) is 36.9. The quantitative estimate of drug-likeness (QED) is 0.159. The van der Waals surface area contributed by atoms with Gasteiger partial charge in [0.1, 0.15) is 19.8 Å². The zero-order valence-electron chi connectivity index (χ0n) is 18.7. The van der Waals surface area contributed by atoms with Crippen LogP contribution in [0.2, 0.25) is 0 Å². The Morgan fingerprint density at radius 1 is 0.658 bits per heavy atom. The lowest BCUT2D eigenvalue weighted by Gasteiger charge is -2.43. The number of quaternary nitrogens is 1. The summed E-state index contributed by atoms with van der Waals surface area (Å²) in [4.78, 5) is 11.4. The van der Waals surface area contributed by atoms with Crippen molar-refractivity contribution < 1.29 is 97.6 Å². The lowest BCUT2D eigenvalue weighted by molar-refractivity contribution is -0.870. The van der Waals surface area contributed by atoms with E-state index in [9.17, 15) is 84.1 Å². The summed E-state index contributed by atoms with van der Waals surface area (Å²) >= 11 is 0. The van der Waals surface area contributed by atoms with Gasteiger partial charge in [0.15, 0.2) is 5.92 Å². The second-order valence-corrected chi connectivity index (χ2v) is 10.1. The number of nitrogens with zero attached hydrogens (tertiary/aromatic N) is 1. The number of rotatable bonds is 12. The standard InChI is InChI=1S/C15H17F17NO4P/c1-33(2,3)4-5-36-38(34,35)37-6-9(16,17)7(12(22,23)24)10(18,19)15(31,32)11(20,21)8(13(25,26)27)14(28,29)30/h7-8H,4-6H2,1-3H3. The van der Waals surface area contributed by atoms with Gasteiger partial charge >= 0.3 is 36.3 Å². The molecule has 2 atom stereocenters. The van der Waals surface area contributed by atoms with Crippen molar-refractivity contribution in [3.63, 3.8) is 0 Å². The van der Waals surface area contributed by atoms with E-state index in [1.165, 1.54) is 21.1 Å². The smallest absolute Gasteiger partial charge is 0.406 e. The lowest BCUT2D eigenvalue weighted by Crippen LogP contribution is -2.69. The Balaban J connectivity index is 6.50. The molecule has 0 fully saturated rings. The van der Waals surface area contributed by atoms with E-state index >= 15 is 0 Å². The highest BCUT2D eigenvalue weighted by Crippen LogP contribution is 2.62. The largest absolute Gasteiger partial charge is 0.756 e. The maximum absolute atomic E-state index is 14.0. The van der Waals surface area contributed by atoms with Gasteiger partial charge in [0.2, 0.25) is 5.92 Å². The second-order valence-electron chi connectivity index (χ2n) is 8.64. The summed E-state index contributed by atoms with van der Waals surface area (Å²) < 4.78 is 244. The maximum Gasteiger partial charge on any atom is 0.406 e. The van der Waals surface area contributed by atoms with Crippen LogP contribution in [-0.4, -0.2) is 87.6 Å². The molecule has 0 rings (SSSR count). The van der Waals surface area contributed by atoms with Crippen molar-refractivity contribution in [2.24, 2.45) is 11.8 Å². The number of hydrogen-bond donors (Lipinski definition) is 0. The van der Waals surface area contributed by atoms with E-state index < -0.39 is 75.1 Å². The molecule has 38 heavy (non-hydrogen) atoms. The molecule has 23 heteroatoms. The molecule has 0 aromatic heterocycles. The topological polar surface area (TPSA) is 58.6 Å². The van der Waals surface area contributed by atoms with Gasteiger partial charge in [-0.1, -0.05) is 0 Å². The number of likely N-dealkylation sites (N-methyl/N-ethyl adjacent to an activating group) is 1. The van der Waals surface area contributed by atoms with Crippen molar-refractivity contribution in [2.75, 3.05) is 40.9 Å². The molecule has 230 valence electrons. The van der Waals surface area contributed by atoms with Crippen molar-refractivity contribution in [3.8, 4) is 0 Å². The molecule has 0 bridgehead atoms. The molecule has 0 radical (unpaired) electrons. The van der Waals surface area contributed by atoms with Crippen molar-refractivity contribution >= 4 is 7.82 Å². The van der Waals surface area contributed by atoms with E-state index in [4.69, 9.17) is 0 Å². The third-order valence-electron chi connectivity index (χ3n) is 4.39. The molecule has 0 aromatic rings. The molecule has 0 spiro atoms. The van der Waals surface area contributed by atoms with E-state index in [0.29, 0.717) is 0 Å². The minimum atomic E-state index is -8.42. The van der Waals surface area contributed by atoms with Gasteiger partial charge < -0.3 is 18.4 Å². The number of alkyl halides is 17. The summed E-state index contributed by atoms with van der Waals surface area (Å²) in [6.45, 7) is -4.67. The van der Waals surface area contributed by atoms with Gasteiger partial charge in [0, 0.05) is 0 Å². The van der Waals surface area contributed by atoms with Crippen LogP contribution in [0.1, 0.15) is 0 Å². The molecule has 0 aliphatic heterocycles. The summed E-state index contributed by atoms with van der Waals surface area (Å²) in [5.74, 6) is -44.7. The number of halogens is 17. The van der Waals surface area contributed by atoms with Gasteiger partial charge in [-0.3, -0.25) is 4.57 Å². The average Bonchev–Trinajstić information content (AvgIpc) is 2.53. The van der Waals surface area contributed by atoms with Crippen molar-refractivity contribution in [2.45, 2.75) is 42.2 Å². The molecular formula is C15H17F17NO4P. The molecule has 5 nitrogen and oxygen atoms in total. The predicted octanol–water partition coefficient (Wildman–Crippen LogP) is 5.65. The highest BCUT2D eigenvalue weighted by molar-refractivity contribution is 7.45. The van der Waals surface area contributed by atoms with Crippen LogP contribution in [0.4, 0.5) is 74.6 Å². The molecule has 2 unspecified atom stereocenters. The molecule has 0 aliphatic carbocycles. The second kappa shape index (κ2) is 10.7. The molecule has 0 amide bonds. The highest BCUT2D eigenvalue weighted by atomic mass is 31.2. The van der Waals surface area contributed by atoms with Gasteiger partial charge in [-0.05, 0) is 0 Å². The summed E-state index contributed by atoms with van der Waals surface area (Å²) in [6.07, 6.45) is -22.6. The highest BCUT2D eigenvalue weighted by Gasteiger charge is 2.87. The first-order valence-electron chi connectivity index (χ1n) is 9.26. The van der Waals surface area contributed by atoms with Crippen LogP contribution in [0.15, 0.2) is 0 Å². The van der Waals surface area contributed by atoms with Crippen LogP contribution in [0.3, 0.4) is 0 Å². The van der Waals surface area contributed by atoms with E-state index in [1.54, 1.807) is 0 Å². The minimum absolute atomic E-state index is 0.0847. The van der Waals surface area contributed by atoms with Gasteiger partial charge in [0.05, 0.1) is 21.1 Å². The Morgan fingerprint density at radius 3 is 1.32 bits per heavy atom. The SMILES string of the molecule is C[N+](C)(C)CCOP(=O)([O-])OCC(F)(F)C(C(F)(F)F)C(F)(F)C(F)(F)C(F)(F)C(C(F)(F)F)C(F)(F)F. The van der Waals surface area contributed by atoms with Crippen molar-refractivity contribution in [1.29, 1.82) is 0 Å². The fourth-order valence-corrected chi connectivity index (χ4v) is 3.31. The fraction of sp³-hybridized carbons (Fsp3) is 1.00. The number of phosphoric acid groups is 1. The lowest BCUT2D eigenvalue weighted by atomic mass is 9.82. The Bertz CT molecular complexity index is 832. The van der Waals surface area contributed by atoms with Gasteiger partial charge in [-0.15, -0.1) is 0 Å². The molecule has 0 aliphatic rings. The molecule has 0 aromatic carbocycles. The summed E-state index contributed by atoms with van der Waals surface area (Å²) in [5, 5.41) is 0. The predicted molar refractivity (Wildman–Crippen MR) is 87.3 cm³/mol. The average molecular weight is 629 g/mol. The normalized spacial score (nSPS) is 18.1. The van der Waals surface area contributed by atoms with Crippen LogP contribution < -0.4 is 4.89 Å². The minimum Gasteiger partial charge on any atom is -0.756 e. The maximum atomic E-state index is 14.0. The Labute approximate surface area is 201 Å². The Hall–Kier alpha value is -1.12. The van der Waals surface area contributed by atoms with Crippen LogP contribution >= 0.6 is 7.82 Å². The van der Waals surface area contributed by atoms with Crippen LogP contribution in [-0.2, 0) is 13.6 Å². The third-order valence-corrected chi connectivity index (χ3v) is 5.34. The fourth-order valence-electron chi connectivity index (χ4n) is 2.60. The third kappa shape index (κ3) is 8.69. The molecule has 0 saturated carbocycles. The molecule has 0 N–H and O–H groups in total. The van der Waals surface area contributed by atoms with Crippen LogP contribution in [0, 0.1) is 11.8 Å². The molecule has 0 heterocycles. The van der Waals surface area contributed by atoms with Gasteiger partial charge in [-0.25, -0.2) is 8.78 Å². The monoisotopic (exact) mass is 629 g/mol. The van der Waals surface area contributed by atoms with Gasteiger partial charge in [-0.2, -0.15) is 65.9 Å². The first-order valence-corrected chi connectivity index (χ1v) is 10.7.